The zero-order chi connectivity index (χ0) is 16.3. The Kier molecular flexibility index (Phi) is 4.65. The molecule has 1 aromatic rings. The highest BCUT2D eigenvalue weighted by Gasteiger charge is 2.36. The third kappa shape index (κ3) is 3.36. The molecule has 0 saturated carbocycles. The molecule has 2 rings (SSSR count). The summed E-state index contributed by atoms with van der Waals surface area (Å²) in [5.74, 6) is -0.243. The molecule has 1 heterocycles. The van der Waals surface area contributed by atoms with E-state index in [4.69, 9.17) is 0 Å². The van der Waals surface area contributed by atoms with E-state index >= 15 is 0 Å². The number of imide groups is 1. The lowest BCUT2D eigenvalue weighted by Crippen LogP contribution is -2.70. The van der Waals surface area contributed by atoms with Crippen LogP contribution in [0.3, 0.4) is 0 Å². The van der Waals surface area contributed by atoms with E-state index in [9.17, 15) is 14.4 Å². The molecule has 0 spiro atoms. The maximum absolute atomic E-state index is 12.1. The molecule has 22 heavy (non-hydrogen) atoms. The second-order valence-electron chi connectivity index (χ2n) is 5.40. The number of rotatable bonds is 4. The molecular formula is C15H20N4O3. The van der Waals surface area contributed by atoms with Gasteiger partial charge < -0.3 is 4.90 Å². The number of hydrogen-bond donors (Lipinski definition) is 2. The van der Waals surface area contributed by atoms with Crippen LogP contribution in [0.5, 0.6) is 0 Å². The van der Waals surface area contributed by atoms with E-state index in [1.807, 2.05) is 30.3 Å². The Hall–Kier alpha value is -2.57. The van der Waals surface area contributed by atoms with Crippen LogP contribution in [0.25, 0.3) is 0 Å². The van der Waals surface area contributed by atoms with Crippen molar-refractivity contribution in [1.29, 1.82) is 0 Å². The van der Waals surface area contributed by atoms with Gasteiger partial charge in [-0.2, -0.15) is 0 Å². The first-order chi connectivity index (χ1) is 10.4. The first kappa shape index (κ1) is 15.8. The number of nitrogens with zero attached hydrogens (tertiary/aromatic N) is 2. The lowest BCUT2D eigenvalue weighted by atomic mass is 10.2. The molecule has 2 N–H and O–H groups in total. The second-order valence-corrected chi connectivity index (χ2v) is 5.40. The Bertz CT molecular complexity index is 555. The fourth-order valence-corrected chi connectivity index (χ4v) is 2.29. The molecule has 1 aromatic carbocycles. The molecule has 0 aromatic heterocycles. The highest BCUT2D eigenvalue weighted by atomic mass is 16.2. The SMILES string of the molecule is CC(=O)N(Cc1ccccc1)C1NC(=O)N(C(C)C)C(=O)N1. The molecule has 0 aliphatic carbocycles. The minimum absolute atomic E-state index is 0.243. The van der Waals surface area contributed by atoms with Crippen molar-refractivity contribution in [3.63, 3.8) is 0 Å². The summed E-state index contributed by atoms with van der Waals surface area (Å²) in [5.41, 5.74) is 0.910. The average Bonchev–Trinajstić information content (AvgIpc) is 2.44. The van der Waals surface area contributed by atoms with Crippen molar-refractivity contribution in [2.24, 2.45) is 0 Å². The van der Waals surface area contributed by atoms with E-state index in [1.165, 1.54) is 11.8 Å². The second kappa shape index (κ2) is 6.46. The molecule has 1 aliphatic heterocycles. The van der Waals surface area contributed by atoms with Crippen molar-refractivity contribution >= 4 is 18.0 Å². The lowest BCUT2D eigenvalue weighted by molar-refractivity contribution is -0.133. The van der Waals surface area contributed by atoms with Crippen LogP contribution in [-0.4, -0.2) is 40.1 Å². The topological polar surface area (TPSA) is 81.8 Å². The molecular weight excluding hydrogens is 284 g/mol. The smallest absolute Gasteiger partial charge is 0.301 e. The molecule has 118 valence electrons. The fraction of sp³-hybridized carbons (Fsp3) is 0.400. The molecule has 7 nitrogen and oxygen atoms in total. The van der Waals surface area contributed by atoms with Crippen LogP contribution in [-0.2, 0) is 11.3 Å². The quantitative estimate of drug-likeness (QED) is 0.883. The van der Waals surface area contributed by atoms with Gasteiger partial charge in [0.05, 0.1) is 0 Å². The maximum Gasteiger partial charge on any atom is 0.328 e. The number of carbonyl (C=O) groups is 3. The van der Waals surface area contributed by atoms with Crippen molar-refractivity contribution in [2.75, 3.05) is 0 Å². The first-order valence-electron chi connectivity index (χ1n) is 7.11. The van der Waals surface area contributed by atoms with E-state index in [0.717, 1.165) is 10.5 Å². The Morgan fingerprint density at radius 2 is 1.73 bits per heavy atom. The molecule has 0 radical (unpaired) electrons. The van der Waals surface area contributed by atoms with E-state index < -0.39 is 18.4 Å². The van der Waals surface area contributed by atoms with Gasteiger partial charge in [0.15, 0.2) is 6.29 Å². The third-order valence-electron chi connectivity index (χ3n) is 3.39. The van der Waals surface area contributed by atoms with Gasteiger partial charge in [0.2, 0.25) is 5.91 Å². The van der Waals surface area contributed by atoms with E-state index in [0.29, 0.717) is 6.54 Å². The zero-order valence-electron chi connectivity index (χ0n) is 12.9. The molecule has 1 saturated heterocycles. The van der Waals surface area contributed by atoms with Gasteiger partial charge in [0.25, 0.3) is 0 Å². The molecule has 5 amide bonds. The Labute approximate surface area is 129 Å². The highest BCUT2D eigenvalue weighted by Crippen LogP contribution is 2.11. The van der Waals surface area contributed by atoms with Crippen LogP contribution in [0, 0.1) is 0 Å². The van der Waals surface area contributed by atoms with Gasteiger partial charge in [-0.05, 0) is 19.4 Å². The van der Waals surface area contributed by atoms with Crippen LogP contribution < -0.4 is 10.6 Å². The van der Waals surface area contributed by atoms with Crippen LogP contribution in [0.1, 0.15) is 26.3 Å². The van der Waals surface area contributed by atoms with Gasteiger partial charge >= 0.3 is 12.1 Å². The summed E-state index contributed by atoms with van der Waals surface area (Å²) in [5, 5.41) is 5.28. The van der Waals surface area contributed by atoms with Gasteiger partial charge in [-0.25, -0.2) is 14.5 Å². The van der Waals surface area contributed by atoms with E-state index in [1.54, 1.807) is 13.8 Å². The van der Waals surface area contributed by atoms with Crippen LogP contribution in [0.15, 0.2) is 30.3 Å². The summed E-state index contributed by atoms with van der Waals surface area (Å²) < 4.78 is 0. The molecule has 1 fully saturated rings. The van der Waals surface area contributed by atoms with Crippen molar-refractivity contribution < 1.29 is 14.4 Å². The number of amides is 5. The number of hydrogen-bond acceptors (Lipinski definition) is 3. The average molecular weight is 304 g/mol. The Balaban J connectivity index is 2.15. The lowest BCUT2D eigenvalue weighted by Gasteiger charge is -2.39. The van der Waals surface area contributed by atoms with Crippen LogP contribution >= 0.6 is 0 Å². The fourth-order valence-electron chi connectivity index (χ4n) is 2.29. The largest absolute Gasteiger partial charge is 0.328 e. The van der Waals surface area contributed by atoms with Crippen LogP contribution in [0.4, 0.5) is 9.59 Å². The van der Waals surface area contributed by atoms with Crippen LogP contribution in [0.2, 0.25) is 0 Å². The minimum Gasteiger partial charge on any atom is -0.301 e. The van der Waals surface area contributed by atoms with Crippen molar-refractivity contribution in [1.82, 2.24) is 20.4 Å². The number of urea groups is 2. The number of carbonyl (C=O) groups excluding carboxylic acids is 3. The third-order valence-corrected chi connectivity index (χ3v) is 3.39. The predicted octanol–water partition coefficient (Wildman–Crippen LogP) is 1.46. The monoisotopic (exact) mass is 304 g/mol. The summed E-state index contributed by atoms with van der Waals surface area (Å²) in [7, 11) is 0. The summed E-state index contributed by atoms with van der Waals surface area (Å²) >= 11 is 0. The maximum atomic E-state index is 12.1. The Morgan fingerprint density at radius 1 is 1.18 bits per heavy atom. The van der Waals surface area contributed by atoms with Crippen molar-refractivity contribution in [3.05, 3.63) is 35.9 Å². The summed E-state index contributed by atoms with van der Waals surface area (Å²) in [6.07, 6.45) is -0.854. The number of nitrogens with one attached hydrogen (secondary N) is 2. The van der Waals surface area contributed by atoms with Gasteiger partial charge in [-0.1, -0.05) is 30.3 Å². The van der Waals surface area contributed by atoms with E-state index in [2.05, 4.69) is 10.6 Å². The van der Waals surface area contributed by atoms with E-state index in [-0.39, 0.29) is 11.9 Å². The molecule has 7 heteroatoms. The number of benzene rings is 1. The molecule has 0 bridgehead atoms. The van der Waals surface area contributed by atoms with Gasteiger partial charge in [0, 0.05) is 19.5 Å². The zero-order valence-corrected chi connectivity index (χ0v) is 12.9. The van der Waals surface area contributed by atoms with Gasteiger partial charge in [0.1, 0.15) is 0 Å². The molecule has 0 unspecified atom stereocenters. The van der Waals surface area contributed by atoms with Crippen molar-refractivity contribution in [3.8, 4) is 0 Å². The van der Waals surface area contributed by atoms with Gasteiger partial charge in [-0.15, -0.1) is 0 Å². The summed E-state index contributed by atoms with van der Waals surface area (Å²) in [6.45, 7) is 5.18. The van der Waals surface area contributed by atoms with Crippen molar-refractivity contribution in [2.45, 2.75) is 39.6 Å². The molecule has 1 aliphatic rings. The Morgan fingerprint density at radius 3 is 2.18 bits per heavy atom. The predicted molar refractivity (Wildman–Crippen MR) is 80.5 cm³/mol. The van der Waals surface area contributed by atoms with Gasteiger partial charge in [-0.3, -0.25) is 15.4 Å². The summed E-state index contributed by atoms with van der Waals surface area (Å²) in [4.78, 5) is 38.5. The highest BCUT2D eigenvalue weighted by molar-refractivity contribution is 5.96. The minimum atomic E-state index is -0.854. The summed E-state index contributed by atoms with van der Waals surface area (Å²) in [6, 6.07) is 8.09. The molecule has 0 atom stereocenters. The normalized spacial score (nSPS) is 15.5. The standard InChI is InChI=1S/C15H20N4O3/c1-10(2)19-14(21)16-13(17-15(19)22)18(11(3)20)9-12-7-5-4-6-8-12/h4-8,10,13H,9H2,1-3H3,(H,16,21)(H,17,22). The first-order valence-corrected chi connectivity index (χ1v) is 7.11.